The van der Waals surface area contributed by atoms with Crippen molar-refractivity contribution in [2.75, 3.05) is 0 Å². The van der Waals surface area contributed by atoms with Crippen LogP contribution in [0.25, 0.3) is 108 Å². The van der Waals surface area contributed by atoms with Crippen LogP contribution in [0, 0.1) is 0 Å². The molecule has 0 aliphatic carbocycles. The van der Waals surface area contributed by atoms with Crippen LogP contribution in [0.2, 0.25) is 0 Å². The Morgan fingerprint density at radius 1 is 0.286 bits per heavy atom. The van der Waals surface area contributed by atoms with Crippen LogP contribution in [0.4, 0.5) is 0 Å². The van der Waals surface area contributed by atoms with Crippen molar-refractivity contribution in [3.63, 3.8) is 0 Å². The van der Waals surface area contributed by atoms with Gasteiger partial charge in [0, 0.05) is 57.0 Å². The summed E-state index contributed by atoms with van der Waals surface area (Å²) in [5.74, 6) is 0.703. The molecule has 3 aromatic heterocycles. The highest BCUT2D eigenvalue weighted by atomic mass is 32.1. The Morgan fingerprint density at radius 2 is 0.821 bits per heavy atom. The summed E-state index contributed by atoms with van der Waals surface area (Å²) in [6.07, 6.45) is 0. The Bertz CT molecular complexity index is 3230. The Balaban J connectivity index is 1.07. The summed E-state index contributed by atoms with van der Waals surface area (Å²) in [7, 11) is 0. The van der Waals surface area contributed by atoms with Crippen molar-refractivity contribution in [3.05, 3.63) is 194 Å². The molecule has 0 bridgehead atoms. The predicted octanol–water partition coefficient (Wildman–Crippen LogP) is 15.2. The predicted molar refractivity (Wildman–Crippen MR) is 240 cm³/mol. The topological polar surface area (TPSA) is 25.8 Å². The second-order valence-electron chi connectivity index (χ2n) is 14.2. The van der Waals surface area contributed by atoms with E-state index in [0.717, 1.165) is 39.2 Å². The molecule has 0 atom stereocenters. The summed E-state index contributed by atoms with van der Waals surface area (Å²) in [6, 6.07) is 69.8. The van der Waals surface area contributed by atoms with E-state index < -0.39 is 0 Å². The lowest BCUT2D eigenvalue weighted by Gasteiger charge is -2.14. The fourth-order valence-electron chi connectivity index (χ4n) is 7.94. The van der Waals surface area contributed by atoms with E-state index in [9.17, 15) is 0 Å². The number of benzene rings is 8. The van der Waals surface area contributed by atoms with Crippen molar-refractivity contribution in [1.82, 2.24) is 9.97 Å². The van der Waals surface area contributed by atoms with E-state index in [2.05, 4.69) is 176 Å². The molecule has 0 spiro atoms. The molecule has 262 valence electrons. The first-order valence-electron chi connectivity index (χ1n) is 18.8. The number of rotatable bonds is 6. The van der Waals surface area contributed by atoms with Crippen molar-refractivity contribution in [3.8, 4) is 67.3 Å². The molecule has 0 aliphatic heterocycles. The van der Waals surface area contributed by atoms with E-state index in [1.165, 1.54) is 62.6 Å². The number of hydrogen-bond acceptors (Lipinski definition) is 4. The summed E-state index contributed by atoms with van der Waals surface area (Å²) >= 11 is 3.70. The first-order valence-corrected chi connectivity index (χ1v) is 20.4. The van der Waals surface area contributed by atoms with Crippen molar-refractivity contribution >= 4 is 63.0 Å². The second kappa shape index (κ2) is 13.5. The van der Waals surface area contributed by atoms with Gasteiger partial charge >= 0.3 is 0 Å². The summed E-state index contributed by atoms with van der Waals surface area (Å²) in [4.78, 5) is 10.5. The average molecular weight is 749 g/mol. The zero-order chi connectivity index (χ0) is 37.0. The van der Waals surface area contributed by atoms with Crippen molar-refractivity contribution in [2.24, 2.45) is 0 Å². The largest absolute Gasteiger partial charge is 0.228 e. The van der Waals surface area contributed by atoms with E-state index in [4.69, 9.17) is 9.97 Å². The van der Waals surface area contributed by atoms with Gasteiger partial charge in [-0.1, -0.05) is 140 Å². The first-order chi connectivity index (χ1) is 27.7. The smallest absolute Gasteiger partial charge is 0.160 e. The van der Waals surface area contributed by atoms with Crippen LogP contribution in [0.5, 0.6) is 0 Å². The summed E-state index contributed by atoms with van der Waals surface area (Å²) < 4.78 is 5.23. The Morgan fingerprint density at radius 3 is 1.59 bits per heavy atom. The van der Waals surface area contributed by atoms with Gasteiger partial charge in [0.05, 0.1) is 11.4 Å². The molecular weight excluding hydrogens is 717 g/mol. The number of nitrogens with zero attached hydrogens (tertiary/aromatic N) is 2. The molecule has 56 heavy (non-hydrogen) atoms. The number of aromatic nitrogens is 2. The highest BCUT2D eigenvalue weighted by Crippen LogP contribution is 2.42. The maximum absolute atomic E-state index is 5.27. The van der Waals surface area contributed by atoms with E-state index in [1.807, 2.05) is 40.9 Å². The zero-order valence-electron chi connectivity index (χ0n) is 30.2. The van der Waals surface area contributed by atoms with E-state index in [1.54, 1.807) is 0 Å². The molecular formula is C52H32N2S2. The van der Waals surface area contributed by atoms with Crippen molar-refractivity contribution < 1.29 is 0 Å². The van der Waals surface area contributed by atoms with Crippen molar-refractivity contribution in [1.29, 1.82) is 0 Å². The van der Waals surface area contributed by atoms with Crippen molar-refractivity contribution in [2.45, 2.75) is 0 Å². The molecule has 11 rings (SSSR count). The minimum atomic E-state index is 0.703. The molecule has 8 aromatic carbocycles. The zero-order valence-corrected chi connectivity index (χ0v) is 31.8. The van der Waals surface area contributed by atoms with Crippen LogP contribution in [0.1, 0.15) is 0 Å². The lowest BCUT2D eigenvalue weighted by Crippen LogP contribution is -1.96. The minimum Gasteiger partial charge on any atom is -0.228 e. The minimum absolute atomic E-state index is 0.703. The molecule has 11 aromatic rings. The molecule has 4 heteroatoms. The Hall–Kier alpha value is -6.72. The van der Waals surface area contributed by atoms with Crippen LogP contribution < -0.4 is 0 Å². The molecule has 0 radical (unpaired) electrons. The fourth-order valence-corrected chi connectivity index (χ4v) is 10.2. The van der Waals surface area contributed by atoms with E-state index >= 15 is 0 Å². The van der Waals surface area contributed by atoms with Crippen LogP contribution in [-0.2, 0) is 0 Å². The van der Waals surface area contributed by atoms with Gasteiger partial charge in [-0.2, -0.15) is 0 Å². The monoisotopic (exact) mass is 748 g/mol. The fraction of sp³-hybridized carbons (Fsp3) is 0. The van der Waals surface area contributed by atoms with E-state index in [-0.39, 0.29) is 0 Å². The van der Waals surface area contributed by atoms with Gasteiger partial charge < -0.3 is 0 Å². The van der Waals surface area contributed by atoms with Crippen LogP contribution >= 0.6 is 22.7 Å². The summed E-state index contributed by atoms with van der Waals surface area (Å²) in [5.41, 5.74) is 11.9. The SMILES string of the molecule is c1ccc(-c2cc(-c3ccc4sc5ccccc5c4c3)cc(-c3cc(-c4ccc(-c5cccc6sc7ccccc7c56)cc4)nc(-c4ccccc4)n3)c2)cc1. The van der Waals surface area contributed by atoms with Gasteiger partial charge in [-0.05, 0) is 88.0 Å². The second-order valence-corrected chi connectivity index (χ2v) is 16.3. The maximum atomic E-state index is 5.27. The average Bonchev–Trinajstić information content (AvgIpc) is 3.85. The Labute approximate surface area is 332 Å². The standard InChI is InChI=1S/C52H32N2S2/c1-3-12-33(13-4-1)38-28-39(37-26-27-49-44(31-37)42-16-7-9-19-47(42)55-49)30-40(29-38)46-32-45(53-52(54-46)36-14-5-2-6-15-36)35-24-22-34(23-25-35)41-18-11-21-50-51(41)43-17-8-10-20-48(43)56-50/h1-32H. The highest BCUT2D eigenvalue weighted by Gasteiger charge is 2.16. The quantitative estimate of drug-likeness (QED) is 0.169. The molecule has 0 saturated heterocycles. The van der Waals surface area contributed by atoms with Gasteiger partial charge in [-0.3, -0.25) is 0 Å². The normalized spacial score (nSPS) is 11.6. The molecule has 0 fully saturated rings. The number of hydrogen-bond donors (Lipinski definition) is 0. The Kier molecular flexibility index (Phi) is 7.90. The highest BCUT2D eigenvalue weighted by molar-refractivity contribution is 7.26. The first kappa shape index (κ1) is 32.7. The number of thiophene rings is 2. The summed E-state index contributed by atoms with van der Waals surface area (Å²) in [6.45, 7) is 0. The molecule has 0 aliphatic rings. The molecule has 3 heterocycles. The van der Waals surface area contributed by atoms with Gasteiger partial charge in [0.1, 0.15) is 0 Å². The number of fused-ring (bicyclic) bond motifs is 6. The third-order valence-corrected chi connectivity index (χ3v) is 13.0. The van der Waals surface area contributed by atoms with Gasteiger partial charge in [0.15, 0.2) is 5.82 Å². The third kappa shape index (κ3) is 5.79. The summed E-state index contributed by atoms with van der Waals surface area (Å²) in [5, 5.41) is 5.21. The molecule has 0 amide bonds. The molecule has 0 unspecified atom stereocenters. The van der Waals surface area contributed by atoms with Crippen LogP contribution in [0.3, 0.4) is 0 Å². The van der Waals surface area contributed by atoms with E-state index in [0.29, 0.717) is 5.82 Å². The lowest BCUT2D eigenvalue weighted by atomic mass is 9.93. The van der Waals surface area contributed by atoms with Gasteiger partial charge in [-0.25, -0.2) is 9.97 Å². The maximum Gasteiger partial charge on any atom is 0.160 e. The van der Waals surface area contributed by atoms with Crippen LogP contribution in [-0.4, -0.2) is 9.97 Å². The molecule has 2 nitrogen and oxygen atoms in total. The van der Waals surface area contributed by atoms with Gasteiger partial charge in [0.2, 0.25) is 0 Å². The van der Waals surface area contributed by atoms with Gasteiger partial charge in [-0.15, -0.1) is 22.7 Å². The third-order valence-electron chi connectivity index (χ3n) is 10.7. The molecule has 0 saturated carbocycles. The van der Waals surface area contributed by atoms with Gasteiger partial charge in [0.25, 0.3) is 0 Å². The lowest BCUT2D eigenvalue weighted by molar-refractivity contribution is 1.18. The van der Waals surface area contributed by atoms with Crippen LogP contribution in [0.15, 0.2) is 194 Å². The molecule has 0 N–H and O–H groups in total.